The van der Waals surface area contributed by atoms with E-state index in [4.69, 9.17) is 0 Å². The summed E-state index contributed by atoms with van der Waals surface area (Å²) in [7, 11) is 0. The number of pyridine rings is 3. The summed E-state index contributed by atoms with van der Waals surface area (Å²) in [6.07, 6.45) is 7.13. The topological polar surface area (TPSA) is 38.7 Å². The Morgan fingerprint density at radius 2 is 1.36 bits per heavy atom. The third-order valence-electron chi connectivity index (χ3n) is 2.21. The van der Waals surface area contributed by atoms with Crippen molar-refractivity contribution in [3.63, 3.8) is 0 Å². The van der Waals surface area contributed by atoms with Gasteiger partial charge < -0.3 is 0 Å². The lowest BCUT2D eigenvalue weighted by Gasteiger charge is -1.99. The number of rotatable bonds is 0. The summed E-state index contributed by atoms with van der Waals surface area (Å²) in [5.41, 5.74) is 1.94. The fourth-order valence-electron chi connectivity index (χ4n) is 1.52. The Labute approximate surface area is 80.5 Å². The summed E-state index contributed by atoms with van der Waals surface area (Å²) >= 11 is 0. The Morgan fingerprint density at radius 1 is 0.786 bits per heavy atom. The van der Waals surface area contributed by atoms with Crippen LogP contribution < -0.4 is 0 Å². The van der Waals surface area contributed by atoms with Gasteiger partial charge in [-0.1, -0.05) is 0 Å². The average Bonchev–Trinajstić information content (AvgIpc) is 2.26. The molecule has 0 saturated carbocycles. The van der Waals surface area contributed by atoms with E-state index < -0.39 is 0 Å². The van der Waals surface area contributed by atoms with Crippen LogP contribution in [0.15, 0.2) is 43.0 Å². The number of aromatic nitrogens is 3. The maximum atomic E-state index is 4.50. The summed E-state index contributed by atoms with van der Waals surface area (Å²) in [6.45, 7) is 0. The van der Waals surface area contributed by atoms with Crippen LogP contribution in [-0.4, -0.2) is 15.0 Å². The van der Waals surface area contributed by atoms with E-state index in [-0.39, 0.29) is 0 Å². The van der Waals surface area contributed by atoms with Gasteiger partial charge in [-0.2, -0.15) is 0 Å². The molecule has 0 unspecified atom stereocenters. The molecule has 0 aliphatic heterocycles. The molecule has 3 aromatic rings. The van der Waals surface area contributed by atoms with Crippen molar-refractivity contribution in [2.45, 2.75) is 0 Å². The zero-order valence-electron chi connectivity index (χ0n) is 7.38. The highest BCUT2D eigenvalue weighted by Crippen LogP contribution is 2.16. The van der Waals surface area contributed by atoms with Crippen molar-refractivity contribution < 1.29 is 0 Å². The quantitative estimate of drug-likeness (QED) is 0.499. The van der Waals surface area contributed by atoms with Crippen LogP contribution in [0.1, 0.15) is 0 Å². The largest absolute Gasteiger partial charge is 0.264 e. The molecule has 0 spiro atoms. The molecule has 0 atom stereocenters. The van der Waals surface area contributed by atoms with Crippen molar-refractivity contribution >= 4 is 21.8 Å². The van der Waals surface area contributed by atoms with Gasteiger partial charge in [0.1, 0.15) is 0 Å². The van der Waals surface area contributed by atoms with Gasteiger partial charge in [-0.05, 0) is 18.2 Å². The van der Waals surface area contributed by atoms with Crippen LogP contribution in [0.25, 0.3) is 21.8 Å². The summed E-state index contributed by atoms with van der Waals surface area (Å²) in [4.78, 5) is 12.6. The minimum atomic E-state index is 0.971. The van der Waals surface area contributed by atoms with Gasteiger partial charge in [-0.3, -0.25) is 9.97 Å². The van der Waals surface area contributed by atoms with Gasteiger partial charge in [0.05, 0.1) is 11.0 Å². The van der Waals surface area contributed by atoms with Gasteiger partial charge in [-0.25, -0.2) is 4.98 Å². The molecule has 0 aromatic carbocycles. The van der Waals surface area contributed by atoms with Crippen LogP contribution in [0.3, 0.4) is 0 Å². The van der Waals surface area contributed by atoms with E-state index in [0.717, 1.165) is 21.8 Å². The van der Waals surface area contributed by atoms with E-state index >= 15 is 0 Å². The van der Waals surface area contributed by atoms with Gasteiger partial charge in [-0.15, -0.1) is 0 Å². The summed E-state index contributed by atoms with van der Waals surface area (Å²) in [6, 6.07) is 5.88. The van der Waals surface area contributed by atoms with E-state index in [2.05, 4.69) is 21.0 Å². The van der Waals surface area contributed by atoms with E-state index in [1.807, 2.05) is 24.5 Å². The normalized spacial score (nSPS) is 10.9. The molecular formula is C11H7N3. The molecule has 66 valence electrons. The zero-order valence-corrected chi connectivity index (χ0v) is 7.38. The number of hydrogen-bond acceptors (Lipinski definition) is 3. The molecular weight excluding hydrogens is 174 g/mol. The average molecular weight is 181 g/mol. The first-order valence-corrected chi connectivity index (χ1v) is 4.38. The Hall–Kier alpha value is -2.03. The Morgan fingerprint density at radius 3 is 1.93 bits per heavy atom. The third-order valence-corrected chi connectivity index (χ3v) is 2.21. The lowest BCUT2D eigenvalue weighted by Crippen LogP contribution is -1.83. The highest BCUT2D eigenvalue weighted by molar-refractivity contribution is 5.91. The van der Waals surface area contributed by atoms with Crippen LogP contribution in [0.2, 0.25) is 0 Å². The lowest BCUT2D eigenvalue weighted by molar-refractivity contribution is 1.32. The second kappa shape index (κ2) is 2.73. The smallest absolute Gasteiger partial charge is 0.0740 e. The molecule has 0 aliphatic carbocycles. The van der Waals surface area contributed by atoms with Gasteiger partial charge in [0, 0.05) is 35.6 Å². The molecule has 0 N–H and O–H groups in total. The third kappa shape index (κ3) is 1.03. The predicted molar refractivity (Wildman–Crippen MR) is 54.8 cm³/mol. The van der Waals surface area contributed by atoms with E-state index in [9.17, 15) is 0 Å². The van der Waals surface area contributed by atoms with Crippen LogP contribution in [0.4, 0.5) is 0 Å². The van der Waals surface area contributed by atoms with Crippen LogP contribution in [0, 0.1) is 0 Å². The van der Waals surface area contributed by atoms with Gasteiger partial charge in [0.25, 0.3) is 0 Å². The number of hydrogen-bond donors (Lipinski definition) is 0. The maximum Gasteiger partial charge on any atom is 0.0740 e. The predicted octanol–water partition coefficient (Wildman–Crippen LogP) is 2.18. The van der Waals surface area contributed by atoms with E-state index in [1.54, 1.807) is 12.4 Å². The highest BCUT2D eigenvalue weighted by Gasteiger charge is 1.97. The monoisotopic (exact) mass is 181 g/mol. The van der Waals surface area contributed by atoms with Crippen molar-refractivity contribution in [1.29, 1.82) is 0 Å². The standard InChI is InChI=1S/C11H7N3/c1-3-12-6-8-5-9-7-13-4-2-11(9)14-10(1)8/h1-7H. The maximum absolute atomic E-state index is 4.50. The lowest BCUT2D eigenvalue weighted by atomic mass is 10.2. The number of fused-ring (bicyclic) bond motifs is 2. The molecule has 3 heterocycles. The van der Waals surface area contributed by atoms with Crippen LogP contribution in [-0.2, 0) is 0 Å². The Kier molecular flexibility index (Phi) is 1.44. The van der Waals surface area contributed by atoms with Gasteiger partial charge in [0.2, 0.25) is 0 Å². The summed E-state index contributed by atoms with van der Waals surface area (Å²) in [5.74, 6) is 0. The Bertz CT molecular complexity index is 499. The Balaban J connectivity index is 2.52. The van der Waals surface area contributed by atoms with E-state index in [0.29, 0.717) is 0 Å². The number of nitrogens with zero attached hydrogens (tertiary/aromatic N) is 3. The molecule has 3 nitrogen and oxygen atoms in total. The molecule has 3 aromatic heterocycles. The first kappa shape index (κ1) is 7.38. The highest BCUT2D eigenvalue weighted by atomic mass is 14.7. The van der Waals surface area contributed by atoms with Crippen LogP contribution >= 0.6 is 0 Å². The fourth-order valence-corrected chi connectivity index (χ4v) is 1.52. The van der Waals surface area contributed by atoms with Crippen molar-refractivity contribution in [1.82, 2.24) is 15.0 Å². The first-order valence-electron chi connectivity index (χ1n) is 4.38. The first-order chi connectivity index (χ1) is 6.93. The van der Waals surface area contributed by atoms with Crippen molar-refractivity contribution in [3.05, 3.63) is 43.0 Å². The minimum absolute atomic E-state index is 0.971. The second-order valence-corrected chi connectivity index (χ2v) is 3.13. The molecule has 0 saturated heterocycles. The SMILES string of the molecule is c1cc2nc3ccncc3cc2cn1. The van der Waals surface area contributed by atoms with Crippen molar-refractivity contribution in [2.75, 3.05) is 0 Å². The van der Waals surface area contributed by atoms with Gasteiger partial charge >= 0.3 is 0 Å². The molecule has 0 fully saturated rings. The minimum Gasteiger partial charge on any atom is -0.264 e. The molecule has 0 radical (unpaired) electrons. The molecule has 3 heteroatoms. The molecule has 14 heavy (non-hydrogen) atoms. The van der Waals surface area contributed by atoms with Crippen molar-refractivity contribution in [2.24, 2.45) is 0 Å². The molecule has 3 rings (SSSR count). The second-order valence-electron chi connectivity index (χ2n) is 3.13. The molecule has 0 aliphatic rings. The van der Waals surface area contributed by atoms with Crippen molar-refractivity contribution in [3.8, 4) is 0 Å². The zero-order chi connectivity index (χ0) is 9.38. The van der Waals surface area contributed by atoms with Gasteiger partial charge in [0.15, 0.2) is 0 Å². The summed E-state index contributed by atoms with van der Waals surface area (Å²) < 4.78 is 0. The summed E-state index contributed by atoms with van der Waals surface area (Å²) in [5, 5.41) is 2.10. The molecule has 0 amide bonds. The molecule has 0 bridgehead atoms. The van der Waals surface area contributed by atoms with Crippen LogP contribution in [0.5, 0.6) is 0 Å². The van der Waals surface area contributed by atoms with E-state index in [1.165, 1.54) is 0 Å². The fraction of sp³-hybridized carbons (Fsp3) is 0.